The second-order valence-corrected chi connectivity index (χ2v) is 4.76. The summed E-state index contributed by atoms with van der Waals surface area (Å²) in [5, 5.41) is 13.9. The second kappa shape index (κ2) is 5.68. The molecule has 6 heteroatoms. The minimum Gasteiger partial charge on any atom is -0.480 e. The van der Waals surface area contributed by atoms with Gasteiger partial charge in [-0.1, -0.05) is 13.8 Å². The SMILES string of the molecule is CNC(C(=O)O)C(=O)NCC(C)(C)c1cc[nH]c1. The van der Waals surface area contributed by atoms with Gasteiger partial charge in [0.1, 0.15) is 0 Å². The zero-order chi connectivity index (χ0) is 13.8. The lowest BCUT2D eigenvalue weighted by atomic mass is 9.86. The number of hydrogen-bond donors (Lipinski definition) is 4. The fraction of sp³-hybridized carbons (Fsp3) is 0.500. The van der Waals surface area contributed by atoms with E-state index in [0.29, 0.717) is 6.54 Å². The van der Waals surface area contributed by atoms with Crippen LogP contribution in [0, 0.1) is 0 Å². The molecule has 6 nitrogen and oxygen atoms in total. The van der Waals surface area contributed by atoms with E-state index in [1.807, 2.05) is 32.3 Å². The van der Waals surface area contributed by atoms with Gasteiger partial charge in [0.15, 0.2) is 6.04 Å². The minimum absolute atomic E-state index is 0.257. The van der Waals surface area contributed by atoms with E-state index in [4.69, 9.17) is 5.11 Å². The first-order valence-corrected chi connectivity index (χ1v) is 5.69. The Bertz CT molecular complexity index is 412. The summed E-state index contributed by atoms with van der Waals surface area (Å²) in [6.45, 7) is 4.33. The Morgan fingerprint density at radius 3 is 2.61 bits per heavy atom. The molecule has 0 bridgehead atoms. The second-order valence-electron chi connectivity index (χ2n) is 4.76. The van der Waals surface area contributed by atoms with Gasteiger partial charge in [0.2, 0.25) is 5.91 Å². The van der Waals surface area contributed by atoms with Gasteiger partial charge >= 0.3 is 5.97 Å². The third kappa shape index (κ3) is 3.33. The molecule has 0 saturated carbocycles. The number of likely N-dealkylation sites (N-methyl/N-ethyl adjacent to an activating group) is 1. The molecule has 1 amide bonds. The van der Waals surface area contributed by atoms with Crippen LogP contribution >= 0.6 is 0 Å². The van der Waals surface area contributed by atoms with Crippen LogP contribution in [0.2, 0.25) is 0 Å². The number of carbonyl (C=O) groups excluding carboxylic acids is 1. The maximum absolute atomic E-state index is 11.7. The highest BCUT2D eigenvalue weighted by Crippen LogP contribution is 2.21. The van der Waals surface area contributed by atoms with Crippen LogP contribution in [0.5, 0.6) is 0 Å². The van der Waals surface area contributed by atoms with Gasteiger partial charge in [-0.2, -0.15) is 0 Å². The van der Waals surface area contributed by atoms with Crippen molar-refractivity contribution in [3.63, 3.8) is 0 Å². The highest BCUT2D eigenvalue weighted by Gasteiger charge is 2.27. The predicted octanol–water partition coefficient (Wildman–Crippen LogP) is 0.0811. The van der Waals surface area contributed by atoms with Gasteiger partial charge < -0.3 is 15.4 Å². The number of carboxylic acids is 1. The van der Waals surface area contributed by atoms with Crippen molar-refractivity contribution in [3.8, 4) is 0 Å². The minimum atomic E-state index is -1.22. The molecular weight excluding hydrogens is 234 g/mol. The van der Waals surface area contributed by atoms with Crippen LogP contribution < -0.4 is 10.6 Å². The normalized spacial score (nSPS) is 13.1. The summed E-state index contributed by atoms with van der Waals surface area (Å²) in [6.07, 6.45) is 3.67. The average molecular weight is 253 g/mol. The van der Waals surface area contributed by atoms with Crippen LogP contribution in [0.1, 0.15) is 19.4 Å². The smallest absolute Gasteiger partial charge is 0.330 e. The van der Waals surface area contributed by atoms with E-state index in [1.165, 1.54) is 7.05 Å². The molecule has 1 unspecified atom stereocenters. The van der Waals surface area contributed by atoms with Crippen molar-refractivity contribution in [2.24, 2.45) is 0 Å². The standard InChI is InChI=1S/C12H19N3O3/c1-12(2,8-4-5-14-6-8)7-15-10(16)9(13-3)11(17)18/h4-6,9,13-14H,7H2,1-3H3,(H,15,16)(H,17,18). The van der Waals surface area contributed by atoms with Crippen molar-refractivity contribution >= 4 is 11.9 Å². The number of rotatable bonds is 6. The molecule has 1 aromatic rings. The fourth-order valence-electron chi connectivity index (χ4n) is 1.62. The Morgan fingerprint density at radius 2 is 2.17 bits per heavy atom. The van der Waals surface area contributed by atoms with Gasteiger partial charge in [-0.15, -0.1) is 0 Å². The Labute approximate surface area is 106 Å². The maximum atomic E-state index is 11.7. The third-order valence-electron chi connectivity index (χ3n) is 2.88. The van der Waals surface area contributed by atoms with Gasteiger partial charge in [0.25, 0.3) is 0 Å². The van der Waals surface area contributed by atoms with E-state index in [1.54, 1.807) is 0 Å². The molecule has 18 heavy (non-hydrogen) atoms. The summed E-state index contributed by atoms with van der Waals surface area (Å²) in [5.41, 5.74) is 0.797. The lowest BCUT2D eigenvalue weighted by molar-refractivity contribution is -0.143. The molecule has 0 aliphatic carbocycles. The van der Waals surface area contributed by atoms with Crippen LogP contribution in [-0.2, 0) is 15.0 Å². The first-order chi connectivity index (χ1) is 8.38. The lowest BCUT2D eigenvalue weighted by Crippen LogP contribution is -2.50. The highest BCUT2D eigenvalue weighted by molar-refractivity contribution is 6.01. The molecule has 1 aromatic heterocycles. The molecule has 0 aliphatic heterocycles. The van der Waals surface area contributed by atoms with Gasteiger partial charge in [0, 0.05) is 24.4 Å². The Morgan fingerprint density at radius 1 is 1.50 bits per heavy atom. The third-order valence-corrected chi connectivity index (χ3v) is 2.88. The van der Waals surface area contributed by atoms with Crippen molar-refractivity contribution in [3.05, 3.63) is 24.0 Å². The van der Waals surface area contributed by atoms with Crippen LogP contribution in [0.3, 0.4) is 0 Å². The number of carboxylic acid groups (broad SMARTS) is 1. The van der Waals surface area contributed by atoms with E-state index < -0.39 is 17.9 Å². The molecule has 1 atom stereocenters. The first kappa shape index (κ1) is 14.2. The zero-order valence-electron chi connectivity index (χ0n) is 10.8. The number of carbonyl (C=O) groups is 2. The molecule has 0 aliphatic rings. The molecule has 0 aromatic carbocycles. The van der Waals surface area contributed by atoms with Crippen molar-refractivity contribution in [2.75, 3.05) is 13.6 Å². The first-order valence-electron chi connectivity index (χ1n) is 5.69. The van der Waals surface area contributed by atoms with Gasteiger partial charge in [0.05, 0.1) is 0 Å². The van der Waals surface area contributed by atoms with E-state index in [2.05, 4.69) is 15.6 Å². The molecule has 1 rings (SSSR count). The number of H-pyrrole nitrogens is 1. The highest BCUT2D eigenvalue weighted by atomic mass is 16.4. The predicted molar refractivity (Wildman–Crippen MR) is 67.3 cm³/mol. The Kier molecular flexibility index (Phi) is 4.49. The van der Waals surface area contributed by atoms with Crippen LogP contribution in [0.4, 0.5) is 0 Å². The van der Waals surface area contributed by atoms with E-state index >= 15 is 0 Å². The summed E-state index contributed by atoms with van der Waals surface area (Å²) in [7, 11) is 1.44. The topological polar surface area (TPSA) is 94.2 Å². The van der Waals surface area contributed by atoms with Crippen molar-refractivity contribution < 1.29 is 14.7 Å². The number of aromatic amines is 1. The van der Waals surface area contributed by atoms with Crippen molar-refractivity contribution in [1.29, 1.82) is 0 Å². The van der Waals surface area contributed by atoms with Crippen LogP contribution in [-0.4, -0.2) is 41.6 Å². The molecule has 0 fully saturated rings. The molecule has 4 N–H and O–H groups in total. The monoisotopic (exact) mass is 253 g/mol. The van der Waals surface area contributed by atoms with E-state index in [0.717, 1.165) is 5.56 Å². The maximum Gasteiger partial charge on any atom is 0.330 e. The number of nitrogens with one attached hydrogen (secondary N) is 3. The molecular formula is C12H19N3O3. The van der Waals surface area contributed by atoms with Crippen molar-refractivity contribution in [1.82, 2.24) is 15.6 Å². The van der Waals surface area contributed by atoms with Crippen molar-refractivity contribution in [2.45, 2.75) is 25.3 Å². The van der Waals surface area contributed by atoms with E-state index in [9.17, 15) is 9.59 Å². The summed E-state index contributed by atoms with van der Waals surface area (Å²) in [6, 6.07) is 0.714. The molecule has 0 spiro atoms. The lowest BCUT2D eigenvalue weighted by Gasteiger charge is -2.25. The fourth-order valence-corrected chi connectivity index (χ4v) is 1.62. The quantitative estimate of drug-likeness (QED) is 0.540. The summed E-state index contributed by atoms with van der Waals surface area (Å²) < 4.78 is 0. The Balaban J connectivity index is 2.60. The van der Waals surface area contributed by atoms with Crippen LogP contribution in [0.15, 0.2) is 18.5 Å². The Hall–Kier alpha value is -1.82. The average Bonchev–Trinajstić information content (AvgIpc) is 2.81. The molecule has 100 valence electrons. The van der Waals surface area contributed by atoms with Crippen LogP contribution in [0.25, 0.3) is 0 Å². The molecule has 0 saturated heterocycles. The number of aliphatic carboxylic acids is 1. The van der Waals surface area contributed by atoms with E-state index in [-0.39, 0.29) is 5.41 Å². The summed E-state index contributed by atoms with van der Waals surface area (Å²) in [4.78, 5) is 25.4. The zero-order valence-corrected chi connectivity index (χ0v) is 10.8. The number of hydrogen-bond acceptors (Lipinski definition) is 3. The molecule has 0 radical (unpaired) electrons. The van der Waals surface area contributed by atoms with Gasteiger partial charge in [-0.05, 0) is 18.7 Å². The summed E-state index contributed by atoms with van der Waals surface area (Å²) >= 11 is 0. The summed E-state index contributed by atoms with van der Waals surface area (Å²) in [5.74, 6) is -1.72. The largest absolute Gasteiger partial charge is 0.480 e. The van der Waals surface area contributed by atoms with Gasteiger partial charge in [-0.3, -0.25) is 10.1 Å². The number of amides is 1. The van der Waals surface area contributed by atoms with Gasteiger partial charge in [-0.25, -0.2) is 4.79 Å². The molecule has 1 heterocycles. The number of aromatic nitrogens is 1.